The molecule has 0 aromatic heterocycles. The SMILES string of the molecule is CCN1CCN(CC(O)(CC)CC)CC1C. The Labute approximate surface area is 100 Å². The van der Waals surface area contributed by atoms with Gasteiger partial charge in [-0.15, -0.1) is 0 Å². The summed E-state index contributed by atoms with van der Waals surface area (Å²) in [7, 11) is 0. The molecule has 0 aromatic carbocycles. The van der Waals surface area contributed by atoms with Crippen LogP contribution in [0.2, 0.25) is 0 Å². The fourth-order valence-electron chi connectivity index (χ4n) is 2.57. The van der Waals surface area contributed by atoms with E-state index in [1.54, 1.807) is 0 Å². The molecule has 1 saturated heterocycles. The van der Waals surface area contributed by atoms with Gasteiger partial charge in [0.2, 0.25) is 0 Å². The van der Waals surface area contributed by atoms with Gasteiger partial charge in [0.15, 0.2) is 0 Å². The monoisotopic (exact) mass is 228 g/mol. The van der Waals surface area contributed by atoms with Gasteiger partial charge in [0.1, 0.15) is 0 Å². The lowest BCUT2D eigenvalue weighted by atomic mass is 9.96. The van der Waals surface area contributed by atoms with Gasteiger partial charge in [-0.3, -0.25) is 9.80 Å². The first-order valence-electron chi connectivity index (χ1n) is 6.73. The second kappa shape index (κ2) is 5.99. The molecule has 1 atom stereocenters. The maximum Gasteiger partial charge on any atom is 0.0768 e. The number of hydrogen-bond acceptors (Lipinski definition) is 3. The Morgan fingerprint density at radius 1 is 1.19 bits per heavy atom. The summed E-state index contributed by atoms with van der Waals surface area (Å²) in [6.45, 7) is 14.0. The van der Waals surface area contributed by atoms with Crippen molar-refractivity contribution in [3.05, 3.63) is 0 Å². The van der Waals surface area contributed by atoms with Gasteiger partial charge in [0, 0.05) is 32.2 Å². The molecule has 1 rings (SSSR count). The van der Waals surface area contributed by atoms with Gasteiger partial charge in [0.25, 0.3) is 0 Å². The van der Waals surface area contributed by atoms with Gasteiger partial charge in [0.05, 0.1) is 5.60 Å². The molecule has 1 aliphatic rings. The maximum atomic E-state index is 10.3. The van der Waals surface area contributed by atoms with Gasteiger partial charge in [-0.05, 0) is 26.3 Å². The fourth-order valence-corrected chi connectivity index (χ4v) is 2.57. The number of rotatable bonds is 5. The summed E-state index contributed by atoms with van der Waals surface area (Å²) in [5, 5.41) is 10.3. The van der Waals surface area contributed by atoms with Crippen molar-refractivity contribution in [2.24, 2.45) is 0 Å². The molecule has 3 heteroatoms. The fraction of sp³-hybridized carbons (Fsp3) is 1.00. The van der Waals surface area contributed by atoms with Crippen molar-refractivity contribution in [3.8, 4) is 0 Å². The van der Waals surface area contributed by atoms with E-state index in [4.69, 9.17) is 0 Å². The Morgan fingerprint density at radius 2 is 1.81 bits per heavy atom. The lowest BCUT2D eigenvalue weighted by molar-refractivity contribution is -0.0238. The molecule has 1 N–H and O–H groups in total. The zero-order valence-corrected chi connectivity index (χ0v) is 11.4. The summed E-state index contributed by atoms with van der Waals surface area (Å²) in [6.07, 6.45) is 1.71. The van der Waals surface area contributed by atoms with E-state index in [-0.39, 0.29) is 0 Å². The summed E-state index contributed by atoms with van der Waals surface area (Å²) in [5.74, 6) is 0. The van der Waals surface area contributed by atoms with Crippen molar-refractivity contribution in [1.82, 2.24) is 9.80 Å². The third-order valence-electron chi connectivity index (χ3n) is 4.09. The first kappa shape index (κ1) is 13.9. The van der Waals surface area contributed by atoms with Crippen LogP contribution in [0.25, 0.3) is 0 Å². The average molecular weight is 228 g/mol. The van der Waals surface area contributed by atoms with E-state index in [1.165, 1.54) is 0 Å². The lowest BCUT2D eigenvalue weighted by Crippen LogP contribution is -2.55. The molecular weight excluding hydrogens is 200 g/mol. The molecule has 0 radical (unpaired) electrons. The van der Waals surface area contributed by atoms with Crippen molar-refractivity contribution in [1.29, 1.82) is 0 Å². The van der Waals surface area contributed by atoms with E-state index < -0.39 is 5.60 Å². The highest BCUT2D eigenvalue weighted by atomic mass is 16.3. The first-order valence-corrected chi connectivity index (χ1v) is 6.73. The number of nitrogens with zero attached hydrogens (tertiary/aromatic N) is 2. The van der Waals surface area contributed by atoms with Crippen LogP contribution in [0.5, 0.6) is 0 Å². The van der Waals surface area contributed by atoms with Crippen molar-refractivity contribution >= 4 is 0 Å². The zero-order valence-electron chi connectivity index (χ0n) is 11.4. The van der Waals surface area contributed by atoms with Crippen LogP contribution >= 0.6 is 0 Å². The largest absolute Gasteiger partial charge is 0.389 e. The van der Waals surface area contributed by atoms with Crippen LogP contribution in [-0.4, -0.2) is 59.3 Å². The predicted molar refractivity (Wildman–Crippen MR) is 68.7 cm³/mol. The third kappa shape index (κ3) is 3.44. The molecule has 0 bridgehead atoms. The van der Waals surface area contributed by atoms with Crippen LogP contribution in [0.3, 0.4) is 0 Å². The van der Waals surface area contributed by atoms with Gasteiger partial charge >= 0.3 is 0 Å². The minimum atomic E-state index is -0.478. The molecular formula is C13H28N2O. The molecule has 1 heterocycles. The Morgan fingerprint density at radius 3 is 2.25 bits per heavy atom. The van der Waals surface area contributed by atoms with Crippen LogP contribution in [0, 0.1) is 0 Å². The van der Waals surface area contributed by atoms with Gasteiger partial charge in [-0.2, -0.15) is 0 Å². The van der Waals surface area contributed by atoms with Crippen LogP contribution in [0.15, 0.2) is 0 Å². The Balaban J connectivity index is 2.46. The molecule has 0 spiro atoms. The van der Waals surface area contributed by atoms with E-state index in [9.17, 15) is 5.11 Å². The van der Waals surface area contributed by atoms with Gasteiger partial charge < -0.3 is 5.11 Å². The molecule has 0 saturated carbocycles. The zero-order chi connectivity index (χ0) is 12.2. The highest BCUT2D eigenvalue weighted by molar-refractivity contribution is 4.85. The Bertz CT molecular complexity index is 204. The molecule has 16 heavy (non-hydrogen) atoms. The Kier molecular flexibility index (Phi) is 5.22. The van der Waals surface area contributed by atoms with Crippen LogP contribution in [-0.2, 0) is 0 Å². The topological polar surface area (TPSA) is 26.7 Å². The smallest absolute Gasteiger partial charge is 0.0768 e. The van der Waals surface area contributed by atoms with E-state index in [0.717, 1.165) is 45.6 Å². The summed E-state index contributed by atoms with van der Waals surface area (Å²) in [6, 6.07) is 0.622. The van der Waals surface area contributed by atoms with Crippen LogP contribution in [0.4, 0.5) is 0 Å². The summed E-state index contributed by atoms with van der Waals surface area (Å²) in [5.41, 5.74) is -0.478. The molecule has 3 nitrogen and oxygen atoms in total. The molecule has 96 valence electrons. The summed E-state index contributed by atoms with van der Waals surface area (Å²) < 4.78 is 0. The molecule has 0 aromatic rings. The average Bonchev–Trinajstić information content (AvgIpc) is 2.29. The standard InChI is InChI=1S/C13H28N2O/c1-5-13(16,6-2)11-14-8-9-15(7-3)12(4)10-14/h12,16H,5-11H2,1-4H3. The van der Waals surface area contributed by atoms with E-state index in [1.807, 2.05) is 0 Å². The third-order valence-corrected chi connectivity index (χ3v) is 4.09. The second-order valence-electron chi connectivity index (χ2n) is 5.14. The molecule has 0 aliphatic carbocycles. The molecule has 0 amide bonds. The van der Waals surface area contributed by atoms with Gasteiger partial charge in [-0.1, -0.05) is 20.8 Å². The minimum absolute atomic E-state index is 0.478. The van der Waals surface area contributed by atoms with Crippen molar-refractivity contribution in [2.75, 3.05) is 32.7 Å². The quantitative estimate of drug-likeness (QED) is 0.773. The van der Waals surface area contributed by atoms with E-state index >= 15 is 0 Å². The number of aliphatic hydroxyl groups is 1. The summed E-state index contributed by atoms with van der Waals surface area (Å²) in [4.78, 5) is 4.93. The van der Waals surface area contributed by atoms with E-state index in [2.05, 4.69) is 37.5 Å². The van der Waals surface area contributed by atoms with Gasteiger partial charge in [-0.25, -0.2) is 0 Å². The predicted octanol–water partition coefficient (Wildman–Crippen LogP) is 1.56. The van der Waals surface area contributed by atoms with E-state index in [0.29, 0.717) is 6.04 Å². The van der Waals surface area contributed by atoms with Crippen LogP contribution in [0.1, 0.15) is 40.5 Å². The highest BCUT2D eigenvalue weighted by Gasteiger charge is 2.29. The normalized spacial score (nSPS) is 24.9. The van der Waals surface area contributed by atoms with Crippen molar-refractivity contribution < 1.29 is 5.11 Å². The highest BCUT2D eigenvalue weighted by Crippen LogP contribution is 2.18. The van der Waals surface area contributed by atoms with Crippen molar-refractivity contribution in [2.45, 2.75) is 52.2 Å². The summed E-state index contributed by atoms with van der Waals surface area (Å²) >= 11 is 0. The number of likely N-dealkylation sites (N-methyl/N-ethyl adjacent to an activating group) is 1. The molecule has 1 fully saturated rings. The van der Waals surface area contributed by atoms with Crippen molar-refractivity contribution in [3.63, 3.8) is 0 Å². The first-order chi connectivity index (χ1) is 7.54. The second-order valence-corrected chi connectivity index (χ2v) is 5.14. The molecule has 1 aliphatic heterocycles. The number of β-amino-alcohol motifs (C(OH)–C–C–N with tert-alkyl or cyclic N) is 1. The lowest BCUT2D eigenvalue weighted by Gasteiger charge is -2.42. The minimum Gasteiger partial charge on any atom is -0.389 e. The molecule has 1 unspecified atom stereocenters. The number of piperazine rings is 1. The van der Waals surface area contributed by atoms with Crippen LogP contribution < -0.4 is 0 Å². The Hall–Kier alpha value is -0.120. The maximum absolute atomic E-state index is 10.3. The number of hydrogen-bond donors (Lipinski definition) is 1.